The summed E-state index contributed by atoms with van der Waals surface area (Å²) in [5, 5.41) is 7.68. The van der Waals surface area contributed by atoms with Crippen LogP contribution < -0.4 is 10.5 Å². The maximum absolute atomic E-state index is 13.0. The third-order valence-electron chi connectivity index (χ3n) is 5.28. The van der Waals surface area contributed by atoms with Crippen molar-refractivity contribution in [2.75, 3.05) is 5.32 Å². The van der Waals surface area contributed by atoms with Crippen LogP contribution in [0.5, 0.6) is 0 Å². The smallest absolute Gasteiger partial charge is 0.317 e. The quantitative estimate of drug-likeness (QED) is 0.703. The fourth-order valence-corrected chi connectivity index (χ4v) is 4.16. The average molecular weight is 416 g/mol. The molecule has 2 aromatic carbocycles. The van der Waals surface area contributed by atoms with Gasteiger partial charge in [0.05, 0.1) is 10.3 Å². The van der Waals surface area contributed by atoms with Crippen LogP contribution in [0.3, 0.4) is 0 Å². The topological polar surface area (TPSA) is 116 Å². The first-order chi connectivity index (χ1) is 13.7. The molecule has 0 radical (unpaired) electrons. The van der Waals surface area contributed by atoms with Crippen LogP contribution in [0.15, 0.2) is 59.5 Å². The minimum absolute atomic E-state index is 0.0546. The van der Waals surface area contributed by atoms with Gasteiger partial charge >= 0.3 is 5.97 Å². The number of nitrogens with two attached hydrogens (primary N) is 1. The van der Waals surface area contributed by atoms with Gasteiger partial charge in [0.25, 0.3) is 5.91 Å². The second-order valence-corrected chi connectivity index (χ2v) is 8.82. The van der Waals surface area contributed by atoms with E-state index in [1.165, 1.54) is 31.2 Å². The third kappa shape index (κ3) is 4.65. The zero-order valence-corrected chi connectivity index (χ0v) is 16.9. The zero-order valence-electron chi connectivity index (χ0n) is 16.1. The van der Waals surface area contributed by atoms with Crippen molar-refractivity contribution in [1.82, 2.24) is 0 Å². The van der Waals surface area contributed by atoms with E-state index >= 15 is 0 Å². The number of amides is 1. The number of nitrogens with one attached hydrogen (secondary N) is 1. The lowest BCUT2D eigenvalue weighted by molar-refractivity contribution is -0.159. The molecule has 0 aromatic heterocycles. The van der Waals surface area contributed by atoms with Gasteiger partial charge in [0, 0.05) is 5.69 Å². The molecule has 0 spiro atoms. The molecule has 154 valence electrons. The highest BCUT2D eigenvalue weighted by Gasteiger charge is 2.45. The summed E-state index contributed by atoms with van der Waals surface area (Å²) in [6, 6.07) is 15.0. The molecule has 1 saturated carbocycles. The summed E-state index contributed by atoms with van der Waals surface area (Å²) in [6.45, 7) is 1.51. The number of rotatable bonds is 6. The number of esters is 1. The van der Waals surface area contributed by atoms with E-state index in [1.807, 2.05) is 30.3 Å². The van der Waals surface area contributed by atoms with Crippen molar-refractivity contribution in [2.45, 2.75) is 49.0 Å². The van der Waals surface area contributed by atoms with Crippen LogP contribution in [0.25, 0.3) is 0 Å². The summed E-state index contributed by atoms with van der Waals surface area (Å²) < 4.78 is 28.1. The van der Waals surface area contributed by atoms with Crippen LogP contribution in [0.4, 0.5) is 5.69 Å². The molecule has 0 unspecified atom stereocenters. The molecule has 29 heavy (non-hydrogen) atoms. The van der Waals surface area contributed by atoms with Crippen LogP contribution >= 0.6 is 0 Å². The van der Waals surface area contributed by atoms with Gasteiger partial charge in [0.15, 0.2) is 6.10 Å². The predicted molar refractivity (Wildman–Crippen MR) is 109 cm³/mol. The van der Waals surface area contributed by atoms with Gasteiger partial charge in [-0.3, -0.25) is 9.59 Å². The van der Waals surface area contributed by atoms with Crippen LogP contribution in [0.1, 0.15) is 38.2 Å². The van der Waals surface area contributed by atoms with Gasteiger partial charge in [-0.25, -0.2) is 13.6 Å². The average Bonchev–Trinajstić information content (AvgIpc) is 3.19. The maximum atomic E-state index is 13.0. The molecule has 1 amide bonds. The molecule has 3 rings (SSSR count). The number of hydrogen-bond acceptors (Lipinski definition) is 5. The second kappa shape index (κ2) is 8.34. The van der Waals surface area contributed by atoms with Gasteiger partial charge < -0.3 is 10.1 Å². The first kappa shape index (κ1) is 21.0. The van der Waals surface area contributed by atoms with Crippen molar-refractivity contribution in [3.63, 3.8) is 0 Å². The lowest BCUT2D eigenvalue weighted by Gasteiger charge is -2.28. The standard InChI is InChI=1S/C21H24N2O5S/c1-15(19(24)23-17-9-11-18(12-10-17)29(22,26)27)28-20(25)21(13-5-6-14-21)16-7-3-2-4-8-16/h2-4,7-12,15H,5-6,13-14H2,1H3,(H,23,24)(H2,22,26,27)/t15-/m1/s1. The molecule has 0 heterocycles. The summed E-state index contributed by atoms with van der Waals surface area (Å²) in [6.07, 6.45) is 2.25. The molecular weight excluding hydrogens is 392 g/mol. The Morgan fingerprint density at radius 3 is 2.17 bits per heavy atom. The van der Waals surface area contributed by atoms with E-state index in [9.17, 15) is 18.0 Å². The van der Waals surface area contributed by atoms with Crippen LogP contribution in [-0.4, -0.2) is 26.4 Å². The van der Waals surface area contributed by atoms with Gasteiger partial charge in [-0.2, -0.15) is 0 Å². The molecule has 2 aromatic rings. The molecule has 8 heteroatoms. The first-order valence-electron chi connectivity index (χ1n) is 9.43. The van der Waals surface area contributed by atoms with Crippen LogP contribution in [-0.2, 0) is 29.8 Å². The highest BCUT2D eigenvalue weighted by Crippen LogP contribution is 2.42. The van der Waals surface area contributed by atoms with E-state index in [0.717, 1.165) is 18.4 Å². The number of hydrogen-bond donors (Lipinski definition) is 2. The summed E-state index contributed by atoms with van der Waals surface area (Å²) in [5.41, 5.74) is 0.574. The van der Waals surface area contributed by atoms with Crippen molar-refractivity contribution >= 4 is 27.6 Å². The van der Waals surface area contributed by atoms with E-state index in [-0.39, 0.29) is 4.90 Å². The van der Waals surface area contributed by atoms with Crippen LogP contribution in [0.2, 0.25) is 0 Å². The summed E-state index contributed by atoms with van der Waals surface area (Å²) >= 11 is 0. The Kier molecular flexibility index (Phi) is 6.04. The SMILES string of the molecule is C[C@@H](OC(=O)C1(c2ccccc2)CCCC1)C(=O)Nc1ccc(S(N)(=O)=O)cc1. The number of carbonyl (C=O) groups is 2. The van der Waals surface area contributed by atoms with Gasteiger partial charge in [-0.05, 0) is 49.6 Å². The number of anilines is 1. The lowest BCUT2D eigenvalue weighted by atomic mass is 9.79. The Labute approximate surface area is 170 Å². The lowest BCUT2D eigenvalue weighted by Crippen LogP contribution is -2.39. The van der Waals surface area contributed by atoms with E-state index in [4.69, 9.17) is 9.88 Å². The van der Waals surface area contributed by atoms with E-state index in [0.29, 0.717) is 18.5 Å². The fraction of sp³-hybridized carbons (Fsp3) is 0.333. The normalized spacial score (nSPS) is 16.8. The second-order valence-electron chi connectivity index (χ2n) is 7.26. The largest absolute Gasteiger partial charge is 0.452 e. The van der Waals surface area contributed by atoms with Crippen molar-refractivity contribution in [3.8, 4) is 0 Å². The van der Waals surface area contributed by atoms with E-state index in [2.05, 4.69) is 5.32 Å². The molecule has 1 atom stereocenters. The Morgan fingerprint density at radius 2 is 1.62 bits per heavy atom. The molecule has 1 fully saturated rings. The number of carbonyl (C=O) groups excluding carboxylic acids is 2. The van der Waals surface area contributed by atoms with E-state index in [1.54, 1.807) is 0 Å². The molecule has 1 aliphatic rings. The molecule has 0 bridgehead atoms. The van der Waals surface area contributed by atoms with Crippen molar-refractivity contribution in [2.24, 2.45) is 5.14 Å². The third-order valence-corrected chi connectivity index (χ3v) is 6.21. The van der Waals surface area contributed by atoms with Gasteiger partial charge in [-0.15, -0.1) is 0 Å². The molecule has 0 saturated heterocycles. The van der Waals surface area contributed by atoms with Gasteiger partial charge in [0.2, 0.25) is 10.0 Å². The number of primary sulfonamides is 1. The molecule has 3 N–H and O–H groups in total. The number of ether oxygens (including phenoxy) is 1. The minimum atomic E-state index is -3.81. The number of sulfonamides is 1. The molecular formula is C21H24N2O5S. The summed E-state index contributed by atoms with van der Waals surface area (Å²) in [4.78, 5) is 25.4. The Morgan fingerprint density at radius 1 is 1.03 bits per heavy atom. The molecule has 1 aliphatic carbocycles. The van der Waals surface area contributed by atoms with Crippen LogP contribution in [0, 0.1) is 0 Å². The Balaban J connectivity index is 1.68. The van der Waals surface area contributed by atoms with Crippen molar-refractivity contribution < 1.29 is 22.7 Å². The monoisotopic (exact) mass is 416 g/mol. The van der Waals surface area contributed by atoms with Gasteiger partial charge in [0.1, 0.15) is 0 Å². The molecule has 7 nitrogen and oxygen atoms in total. The highest BCUT2D eigenvalue weighted by molar-refractivity contribution is 7.89. The molecule has 0 aliphatic heterocycles. The minimum Gasteiger partial charge on any atom is -0.452 e. The van der Waals surface area contributed by atoms with Gasteiger partial charge in [-0.1, -0.05) is 43.2 Å². The Hall–Kier alpha value is -2.71. The first-order valence-corrected chi connectivity index (χ1v) is 11.0. The maximum Gasteiger partial charge on any atom is 0.317 e. The zero-order chi connectivity index (χ0) is 21.1. The van der Waals surface area contributed by atoms with Crippen molar-refractivity contribution in [3.05, 3.63) is 60.2 Å². The Bertz CT molecular complexity index is 981. The number of benzene rings is 2. The van der Waals surface area contributed by atoms with E-state index < -0.39 is 33.4 Å². The summed E-state index contributed by atoms with van der Waals surface area (Å²) in [7, 11) is -3.81. The summed E-state index contributed by atoms with van der Waals surface area (Å²) in [5.74, 6) is -0.892. The fourth-order valence-electron chi connectivity index (χ4n) is 3.65. The van der Waals surface area contributed by atoms with Crippen molar-refractivity contribution in [1.29, 1.82) is 0 Å². The highest BCUT2D eigenvalue weighted by atomic mass is 32.2. The predicted octanol–water partition coefficient (Wildman–Crippen LogP) is 2.72.